The average Bonchev–Trinajstić information content (AvgIpc) is 3.21. The summed E-state index contributed by atoms with van der Waals surface area (Å²) in [5.41, 5.74) is 7.07. The fraction of sp³-hybridized carbons (Fsp3) is 0.308. The molecule has 1 fully saturated rings. The molecule has 0 bridgehead atoms. The lowest BCUT2D eigenvalue weighted by Gasteiger charge is -2.37. The molecule has 1 aliphatic heterocycles. The quantitative estimate of drug-likeness (QED) is 0.451. The minimum Gasteiger partial charge on any atom is -0.368 e. The van der Waals surface area contributed by atoms with E-state index in [1.54, 1.807) is 0 Å². The van der Waals surface area contributed by atoms with Gasteiger partial charge < -0.3 is 14.2 Å². The standard InChI is InChI=1S/C26H28FN5/c1-2-24-25(32-14-13-28-19-26(32)29-24)12-5-20-3-8-22(9-4-20)30-15-17-31(18-16-30)23-10-6-21(27)7-11-23/h3-4,6-11,13-14,19H,2,5,12,15-18H2,1H3. The van der Waals surface area contributed by atoms with E-state index < -0.39 is 0 Å². The Labute approximate surface area is 188 Å². The molecule has 32 heavy (non-hydrogen) atoms. The predicted octanol–water partition coefficient (Wildman–Crippen LogP) is 4.54. The topological polar surface area (TPSA) is 36.7 Å². The molecule has 2 aromatic heterocycles. The van der Waals surface area contributed by atoms with Crippen LogP contribution in [-0.4, -0.2) is 40.5 Å². The van der Waals surface area contributed by atoms with Crippen molar-refractivity contribution >= 4 is 17.0 Å². The number of hydrogen-bond donors (Lipinski definition) is 0. The Morgan fingerprint density at radius 1 is 0.844 bits per heavy atom. The lowest BCUT2D eigenvalue weighted by atomic mass is 10.1. The summed E-state index contributed by atoms with van der Waals surface area (Å²) < 4.78 is 15.3. The lowest BCUT2D eigenvalue weighted by Crippen LogP contribution is -2.46. The number of imidazole rings is 1. The van der Waals surface area contributed by atoms with Gasteiger partial charge in [-0.3, -0.25) is 4.98 Å². The lowest BCUT2D eigenvalue weighted by molar-refractivity contribution is 0.625. The van der Waals surface area contributed by atoms with Crippen LogP contribution in [0.4, 0.5) is 15.8 Å². The fourth-order valence-corrected chi connectivity index (χ4v) is 4.57. The zero-order chi connectivity index (χ0) is 21.9. The summed E-state index contributed by atoms with van der Waals surface area (Å²) in [4.78, 5) is 13.7. The molecule has 1 saturated heterocycles. The first-order valence-electron chi connectivity index (χ1n) is 11.4. The van der Waals surface area contributed by atoms with Gasteiger partial charge in [0.2, 0.25) is 0 Å². The minimum absolute atomic E-state index is 0.183. The normalized spacial score (nSPS) is 14.3. The van der Waals surface area contributed by atoms with E-state index in [1.807, 2.05) is 30.7 Å². The Hall–Kier alpha value is -3.41. The highest BCUT2D eigenvalue weighted by atomic mass is 19.1. The molecule has 5 rings (SSSR count). The van der Waals surface area contributed by atoms with E-state index in [9.17, 15) is 4.39 Å². The highest BCUT2D eigenvalue weighted by Crippen LogP contribution is 2.22. The average molecular weight is 430 g/mol. The summed E-state index contributed by atoms with van der Waals surface area (Å²) in [6.07, 6.45) is 8.53. The van der Waals surface area contributed by atoms with E-state index in [2.05, 4.69) is 50.4 Å². The van der Waals surface area contributed by atoms with Crippen LogP contribution in [0.25, 0.3) is 5.65 Å². The number of benzene rings is 2. The predicted molar refractivity (Wildman–Crippen MR) is 127 cm³/mol. The number of halogens is 1. The van der Waals surface area contributed by atoms with E-state index in [1.165, 1.54) is 29.1 Å². The van der Waals surface area contributed by atoms with Crippen LogP contribution in [0.15, 0.2) is 67.1 Å². The van der Waals surface area contributed by atoms with Crippen LogP contribution < -0.4 is 9.80 Å². The second-order valence-electron chi connectivity index (χ2n) is 8.28. The molecule has 0 radical (unpaired) electrons. The van der Waals surface area contributed by atoms with Gasteiger partial charge in [0.25, 0.3) is 0 Å². The van der Waals surface area contributed by atoms with Crippen molar-refractivity contribution in [2.24, 2.45) is 0 Å². The maximum Gasteiger partial charge on any atom is 0.155 e. The molecule has 1 aliphatic rings. The molecular formula is C26H28FN5. The third-order valence-corrected chi connectivity index (χ3v) is 6.37. The van der Waals surface area contributed by atoms with Crippen molar-refractivity contribution in [3.63, 3.8) is 0 Å². The van der Waals surface area contributed by atoms with Crippen LogP contribution in [0, 0.1) is 5.82 Å². The van der Waals surface area contributed by atoms with Crippen LogP contribution >= 0.6 is 0 Å². The van der Waals surface area contributed by atoms with E-state index in [-0.39, 0.29) is 5.82 Å². The molecule has 0 atom stereocenters. The van der Waals surface area contributed by atoms with Gasteiger partial charge in [-0.05, 0) is 61.2 Å². The Bertz CT molecular complexity index is 1180. The van der Waals surface area contributed by atoms with Crippen molar-refractivity contribution in [1.82, 2.24) is 14.4 Å². The van der Waals surface area contributed by atoms with Gasteiger partial charge in [-0.15, -0.1) is 0 Å². The van der Waals surface area contributed by atoms with Crippen LogP contribution in [0.1, 0.15) is 23.9 Å². The second kappa shape index (κ2) is 8.99. The van der Waals surface area contributed by atoms with E-state index in [0.29, 0.717) is 0 Å². The molecule has 6 heteroatoms. The van der Waals surface area contributed by atoms with Gasteiger partial charge in [-0.1, -0.05) is 19.1 Å². The SMILES string of the molecule is CCc1nc2cnccn2c1CCc1ccc(N2CCN(c3ccc(F)cc3)CC2)cc1. The number of fused-ring (bicyclic) bond motifs is 1. The molecule has 2 aromatic carbocycles. The number of hydrogen-bond acceptors (Lipinski definition) is 4. The highest BCUT2D eigenvalue weighted by molar-refractivity contribution is 5.52. The van der Waals surface area contributed by atoms with Crippen LogP contribution in [0.5, 0.6) is 0 Å². The van der Waals surface area contributed by atoms with Crippen molar-refractivity contribution in [2.75, 3.05) is 36.0 Å². The van der Waals surface area contributed by atoms with Gasteiger partial charge in [0.05, 0.1) is 11.9 Å². The molecule has 5 nitrogen and oxygen atoms in total. The molecule has 0 saturated carbocycles. The van der Waals surface area contributed by atoms with E-state index in [0.717, 1.165) is 62.5 Å². The van der Waals surface area contributed by atoms with E-state index >= 15 is 0 Å². The summed E-state index contributed by atoms with van der Waals surface area (Å²) in [5, 5.41) is 0. The summed E-state index contributed by atoms with van der Waals surface area (Å²) in [6, 6.07) is 15.8. The zero-order valence-electron chi connectivity index (χ0n) is 18.4. The number of anilines is 2. The number of aromatic nitrogens is 3. The number of aryl methyl sites for hydroxylation is 3. The highest BCUT2D eigenvalue weighted by Gasteiger charge is 2.18. The molecule has 4 aromatic rings. The van der Waals surface area contributed by atoms with Crippen molar-refractivity contribution in [3.05, 3.63) is 89.9 Å². The summed E-state index contributed by atoms with van der Waals surface area (Å²) >= 11 is 0. The maximum atomic E-state index is 13.2. The first kappa shape index (κ1) is 20.5. The Morgan fingerprint density at radius 2 is 1.47 bits per heavy atom. The van der Waals surface area contributed by atoms with Gasteiger partial charge in [-0.2, -0.15) is 0 Å². The number of piperazine rings is 1. The Morgan fingerprint density at radius 3 is 2.09 bits per heavy atom. The molecule has 0 spiro atoms. The minimum atomic E-state index is -0.183. The van der Waals surface area contributed by atoms with Crippen molar-refractivity contribution in [2.45, 2.75) is 26.2 Å². The van der Waals surface area contributed by atoms with Crippen molar-refractivity contribution < 1.29 is 4.39 Å². The van der Waals surface area contributed by atoms with Crippen LogP contribution in [0.3, 0.4) is 0 Å². The van der Waals surface area contributed by atoms with Gasteiger partial charge in [0, 0.05) is 55.6 Å². The summed E-state index contributed by atoms with van der Waals surface area (Å²) in [5.74, 6) is -0.183. The smallest absolute Gasteiger partial charge is 0.155 e. The van der Waals surface area contributed by atoms with Crippen LogP contribution in [-0.2, 0) is 19.3 Å². The Kier molecular flexibility index (Phi) is 5.75. The van der Waals surface area contributed by atoms with Gasteiger partial charge in [0.1, 0.15) is 5.82 Å². The largest absolute Gasteiger partial charge is 0.368 e. The molecule has 0 N–H and O–H groups in total. The number of nitrogens with zero attached hydrogens (tertiary/aromatic N) is 5. The van der Waals surface area contributed by atoms with E-state index in [4.69, 9.17) is 4.98 Å². The molecule has 164 valence electrons. The van der Waals surface area contributed by atoms with Crippen molar-refractivity contribution in [3.8, 4) is 0 Å². The zero-order valence-corrected chi connectivity index (χ0v) is 18.4. The first-order valence-corrected chi connectivity index (χ1v) is 11.4. The molecular weight excluding hydrogens is 401 g/mol. The maximum absolute atomic E-state index is 13.2. The number of rotatable bonds is 6. The molecule has 0 unspecified atom stereocenters. The molecule has 0 aliphatic carbocycles. The third-order valence-electron chi connectivity index (χ3n) is 6.37. The molecule has 0 amide bonds. The third kappa shape index (κ3) is 4.17. The Balaban J connectivity index is 1.20. The van der Waals surface area contributed by atoms with Gasteiger partial charge in [-0.25, -0.2) is 9.37 Å². The molecule has 3 heterocycles. The van der Waals surface area contributed by atoms with Gasteiger partial charge >= 0.3 is 0 Å². The van der Waals surface area contributed by atoms with Gasteiger partial charge in [0.15, 0.2) is 5.65 Å². The first-order chi connectivity index (χ1) is 15.7. The fourth-order valence-electron chi connectivity index (χ4n) is 4.57. The summed E-state index contributed by atoms with van der Waals surface area (Å²) in [7, 11) is 0. The second-order valence-corrected chi connectivity index (χ2v) is 8.28. The monoisotopic (exact) mass is 429 g/mol. The van der Waals surface area contributed by atoms with Crippen LogP contribution in [0.2, 0.25) is 0 Å². The van der Waals surface area contributed by atoms with Crippen molar-refractivity contribution in [1.29, 1.82) is 0 Å². The summed E-state index contributed by atoms with van der Waals surface area (Å²) in [6.45, 7) is 5.97.